The van der Waals surface area contributed by atoms with E-state index in [-0.39, 0.29) is 16.2 Å². The molecule has 0 N–H and O–H groups in total. The van der Waals surface area contributed by atoms with Crippen molar-refractivity contribution >= 4 is 65.4 Å². The Bertz CT molecular complexity index is 4350. The lowest BCUT2D eigenvalue weighted by atomic mass is 9.78. The molecule has 386 valence electrons. The minimum Gasteiger partial charge on any atom is -0.455 e. The fourth-order valence-electron chi connectivity index (χ4n) is 16.9. The molecule has 0 amide bonds. The maximum atomic E-state index is 7.17. The molecule has 0 saturated heterocycles. The van der Waals surface area contributed by atoms with Crippen molar-refractivity contribution in [3.63, 3.8) is 0 Å². The van der Waals surface area contributed by atoms with Gasteiger partial charge in [-0.05, 0) is 184 Å². The van der Waals surface area contributed by atoms with Gasteiger partial charge in [-0.3, -0.25) is 0 Å². The van der Waals surface area contributed by atoms with Crippen LogP contribution < -0.4 is 0 Å². The lowest BCUT2D eigenvalue weighted by Gasteiger charge is -2.25. The molecule has 12 aromatic rings. The first-order chi connectivity index (χ1) is 38.5. The lowest BCUT2D eigenvalue weighted by Crippen LogP contribution is -2.17. The molecule has 0 unspecified atom stereocenters. The second-order valence-electron chi connectivity index (χ2n) is 26.2. The van der Waals surface area contributed by atoms with Crippen LogP contribution in [0.2, 0.25) is 0 Å². The average Bonchev–Trinajstić information content (AvgIpc) is 2.89. The molecule has 2 saturated carbocycles. The molecule has 0 atom stereocenters. The number of hydrogen-bond acceptors (Lipinski definition) is 2. The highest BCUT2D eigenvalue weighted by molar-refractivity contribution is 6.18. The zero-order valence-corrected chi connectivity index (χ0v) is 46.6. The minimum absolute atomic E-state index is 0.221. The van der Waals surface area contributed by atoms with Crippen LogP contribution in [0.25, 0.3) is 121 Å². The monoisotopic (exact) mass is 1020 g/mol. The molecule has 0 aliphatic heterocycles. The molecule has 17 rings (SSSR count). The van der Waals surface area contributed by atoms with Crippen LogP contribution in [0, 0.1) is 0 Å². The van der Waals surface area contributed by atoms with Crippen LogP contribution in [0.15, 0.2) is 167 Å². The molecule has 0 bridgehead atoms. The molecule has 2 heteroatoms. The van der Waals surface area contributed by atoms with Gasteiger partial charge in [0.25, 0.3) is 0 Å². The number of benzene rings is 10. The molecule has 79 heavy (non-hydrogen) atoms. The predicted molar refractivity (Wildman–Crippen MR) is 331 cm³/mol. The highest BCUT2D eigenvalue weighted by Gasteiger charge is 2.46. The van der Waals surface area contributed by atoms with Gasteiger partial charge in [0.2, 0.25) is 0 Å². The summed E-state index contributed by atoms with van der Waals surface area (Å²) < 4.78 is 14.3. The van der Waals surface area contributed by atoms with Gasteiger partial charge in [0.05, 0.1) is 0 Å². The fourth-order valence-corrected chi connectivity index (χ4v) is 16.9. The van der Waals surface area contributed by atoms with Crippen LogP contribution in [0.5, 0.6) is 0 Å². The van der Waals surface area contributed by atoms with E-state index >= 15 is 0 Å². The minimum atomic E-state index is -0.247. The van der Waals surface area contributed by atoms with Crippen molar-refractivity contribution < 1.29 is 8.83 Å². The number of fused-ring (bicyclic) bond motifs is 19. The van der Waals surface area contributed by atoms with Gasteiger partial charge < -0.3 is 8.83 Å². The summed E-state index contributed by atoms with van der Waals surface area (Å²) >= 11 is 0. The van der Waals surface area contributed by atoms with Gasteiger partial charge in [-0.2, -0.15) is 0 Å². The maximum Gasteiger partial charge on any atom is 0.143 e. The van der Waals surface area contributed by atoms with Crippen molar-refractivity contribution in [3.8, 4) is 55.6 Å². The van der Waals surface area contributed by atoms with Crippen LogP contribution in [0.3, 0.4) is 0 Å². The summed E-state index contributed by atoms with van der Waals surface area (Å²) in [5, 5.41) is 10.1. The van der Waals surface area contributed by atoms with E-state index < -0.39 is 0 Å². The van der Waals surface area contributed by atoms with Crippen LogP contribution >= 0.6 is 0 Å². The Morgan fingerprint density at radius 1 is 0.278 bits per heavy atom. The second-order valence-corrected chi connectivity index (χ2v) is 26.2. The normalized spacial score (nSPS) is 17.9. The van der Waals surface area contributed by atoms with E-state index in [9.17, 15) is 0 Å². The zero-order chi connectivity index (χ0) is 52.8. The van der Waals surface area contributed by atoms with E-state index in [1.54, 1.807) is 0 Å². The van der Waals surface area contributed by atoms with Crippen LogP contribution in [0.4, 0.5) is 0 Å². The van der Waals surface area contributed by atoms with Gasteiger partial charge in [-0.15, -0.1) is 0 Å². The first-order valence-corrected chi connectivity index (χ1v) is 29.9. The third kappa shape index (κ3) is 6.19. The molecule has 0 spiro atoms. The Morgan fingerprint density at radius 3 is 1.01 bits per heavy atom. The summed E-state index contributed by atoms with van der Waals surface area (Å²) in [7, 11) is 0. The first-order valence-electron chi connectivity index (χ1n) is 29.9. The fraction of sp³-hybridized carbons (Fsp3) is 0.273. The molecule has 2 heterocycles. The molecule has 2 fully saturated rings. The van der Waals surface area contributed by atoms with Gasteiger partial charge in [0.15, 0.2) is 0 Å². The topological polar surface area (TPSA) is 26.3 Å². The Hall–Kier alpha value is -7.68. The number of furan rings is 2. The van der Waals surface area contributed by atoms with E-state index in [0.717, 1.165) is 22.3 Å². The van der Waals surface area contributed by atoms with E-state index in [4.69, 9.17) is 8.83 Å². The van der Waals surface area contributed by atoms with Gasteiger partial charge in [0, 0.05) is 48.9 Å². The average molecular weight is 1020 g/mol. The third-order valence-corrected chi connectivity index (χ3v) is 21.1. The summed E-state index contributed by atoms with van der Waals surface area (Å²) in [6.45, 7) is 14.8. The molecule has 5 aliphatic rings. The van der Waals surface area contributed by atoms with Crippen molar-refractivity contribution in [2.75, 3.05) is 0 Å². The zero-order valence-electron chi connectivity index (χ0n) is 46.6. The van der Waals surface area contributed by atoms with Crippen LogP contribution in [-0.2, 0) is 16.2 Å². The SMILES string of the molecule is CC1(C)c2cc3c(cc2-c2cc4c(cc21)-c1c(cc(-c2cccc5c2oc2c(C6CCCCC6)cccc25)c2ccccc12)C4(C)C)C(C)(C)c1cc(-c2cccc4c2oc2c(C5CCCCC5)cccc24)c2ccccc2c1-3. The summed E-state index contributed by atoms with van der Waals surface area (Å²) in [5.41, 5.74) is 27.9. The highest BCUT2D eigenvalue weighted by atomic mass is 16.3. The summed E-state index contributed by atoms with van der Waals surface area (Å²) in [6, 6.07) is 61.3. The first kappa shape index (κ1) is 46.3. The lowest BCUT2D eigenvalue weighted by molar-refractivity contribution is 0.442. The van der Waals surface area contributed by atoms with Crippen molar-refractivity contribution in [1.82, 2.24) is 0 Å². The molecular formula is C77H66O2. The van der Waals surface area contributed by atoms with Gasteiger partial charge in [-0.1, -0.05) is 201 Å². The molecule has 10 aromatic carbocycles. The van der Waals surface area contributed by atoms with Crippen molar-refractivity contribution in [2.24, 2.45) is 0 Å². The maximum absolute atomic E-state index is 7.17. The molecule has 5 aliphatic carbocycles. The van der Waals surface area contributed by atoms with Crippen molar-refractivity contribution in [2.45, 2.75) is 134 Å². The second kappa shape index (κ2) is 16.2. The summed E-state index contributed by atoms with van der Waals surface area (Å²) in [4.78, 5) is 0. The predicted octanol–water partition coefficient (Wildman–Crippen LogP) is 22.1. The number of rotatable bonds is 4. The van der Waals surface area contributed by atoms with E-state index in [0.29, 0.717) is 11.8 Å². The largest absolute Gasteiger partial charge is 0.455 e. The summed E-state index contributed by atoms with van der Waals surface area (Å²) in [5.74, 6) is 1.13. The quantitative estimate of drug-likeness (QED) is 0.176. The van der Waals surface area contributed by atoms with Gasteiger partial charge >= 0.3 is 0 Å². The Kier molecular flexibility index (Phi) is 9.50. The number of para-hydroxylation sites is 4. The Balaban J connectivity index is 0.804. The Morgan fingerprint density at radius 2 is 0.595 bits per heavy atom. The molecule has 2 nitrogen and oxygen atoms in total. The van der Waals surface area contributed by atoms with Crippen LogP contribution in [0.1, 0.15) is 162 Å². The molecule has 0 radical (unpaired) electrons. The highest BCUT2D eigenvalue weighted by Crippen LogP contribution is 2.62. The van der Waals surface area contributed by atoms with Crippen molar-refractivity contribution in [1.29, 1.82) is 0 Å². The van der Waals surface area contributed by atoms with E-state index in [1.807, 2.05) is 0 Å². The van der Waals surface area contributed by atoms with E-state index in [1.165, 1.54) is 207 Å². The smallest absolute Gasteiger partial charge is 0.143 e. The summed E-state index contributed by atoms with van der Waals surface area (Å²) in [6.07, 6.45) is 12.9. The standard InChI is InChI=1S/C77H66O2/c1-75(2)63-41-61-65(76(3,4)67-37-57(47-25-13-15-27-49(47)69(61)67)55-35-19-33-53-51-31-17-29-45(71(51)78-73(53)55)43-21-9-7-10-22-43)39-59(63)60-40-66-62(42-64(60)75)70-50-28-16-14-26-48(50)58(38-68(70)77(66,5)6)56-36-20-34-54-52-32-18-30-46(72(52)79-74(54)56)44-23-11-8-12-24-44/h13-20,25-44H,7-12,21-24H2,1-6H3. The number of hydrogen-bond donors (Lipinski definition) is 0. The molecular weight excluding hydrogens is 957 g/mol. The Labute approximate surface area is 463 Å². The van der Waals surface area contributed by atoms with Gasteiger partial charge in [0.1, 0.15) is 22.3 Å². The van der Waals surface area contributed by atoms with E-state index in [2.05, 4.69) is 199 Å². The third-order valence-electron chi connectivity index (χ3n) is 21.1. The van der Waals surface area contributed by atoms with Gasteiger partial charge in [-0.25, -0.2) is 0 Å². The van der Waals surface area contributed by atoms with Crippen molar-refractivity contribution in [3.05, 3.63) is 202 Å². The van der Waals surface area contributed by atoms with Crippen LogP contribution in [-0.4, -0.2) is 0 Å². The molecule has 2 aromatic heterocycles.